The van der Waals surface area contributed by atoms with E-state index in [-0.39, 0.29) is 11.8 Å². The van der Waals surface area contributed by atoms with Gasteiger partial charge in [0.25, 0.3) is 5.91 Å². The Morgan fingerprint density at radius 2 is 1.85 bits per heavy atom. The molecule has 1 aromatic carbocycles. The Morgan fingerprint density at radius 1 is 1.22 bits per heavy atom. The first-order valence-electron chi connectivity index (χ1n) is 8.63. The molecular weight excluding hydrogens is 372 g/mol. The summed E-state index contributed by atoms with van der Waals surface area (Å²) in [7, 11) is 0. The maximum atomic E-state index is 12.4. The number of imide groups is 1. The van der Waals surface area contributed by atoms with Gasteiger partial charge in [-0.25, -0.2) is 0 Å². The monoisotopic (exact) mass is 390 g/mol. The van der Waals surface area contributed by atoms with Crippen LogP contribution in [0.2, 0.25) is 5.02 Å². The number of likely N-dealkylation sites (tertiary alicyclic amines) is 1. The van der Waals surface area contributed by atoms with Gasteiger partial charge in [-0.15, -0.1) is 0 Å². The standard InChI is InChI=1S/C19H19ClN2O5/c1-11(17(24)21-13-6-4-5-12(20)9-13)27-16(23)10-22-18(25)14-7-2-3-8-15(14)19(22)26/h2-6,9,11,14-15H,7-8,10H2,1H3,(H,21,24)/t11-,14-,15-/m0/s1. The van der Waals surface area contributed by atoms with Gasteiger partial charge in [0.1, 0.15) is 6.54 Å². The first kappa shape index (κ1) is 19.1. The van der Waals surface area contributed by atoms with Crippen LogP contribution >= 0.6 is 11.6 Å². The van der Waals surface area contributed by atoms with Crippen LogP contribution < -0.4 is 5.32 Å². The van der Waals surface area contributed by atoms with Crippen LogP contribution in [-0.2, 0) is 23.9 Å². The van der Waals surface area contributed by atoms with E-state index in [0.29, 0.717) is 23.6 Å². The van der Waals surface area contributed by atoms with Gasteiger partial charge in [-0.3, -0.25) is 24.1 Å². The zero-order valence-electron chi connectivity index (χ0n) is 14.7. The number of halogens is 1. The minimum Gasteiger partial charge on any atom is -0.451 e. The summed E-state index contributed by atoms with van der Waals surface area (Å²) in [5, 5.41) is 3.04. The van der Waals surface area contributed by atoms with Crippen LogP contribution in [0.25, 0.3) is 0 Å². The van der Waals surface area contributed by atoms with Crippen LogP contribution in [-0.4, -0.2) is 41.2 Å². The Morgan fingerprint density at radius 3 is 2.44 bits per heavy atom. The van der Waals surface area contributed by atoms with Crippen molar-refractivity contribution < 1.29 is 23.9 Å². The van der Waals surface area contributed by atoms with Gasteiger partial charge in [-0.05, 0) is 38.0 Å². The molecule has 3 atom stereocenters. The van der Waals surface area contributed by atoms with Crippen LogP contribution in [0, 0.1) is 11.8 Å². The maximum Gasteiger partial charge on any atom is 0.326 e. The summed E-state index contributed by atoms with van der Waals surface area (Å²) in [5.41, 5.74) is 0.469. The van der Waals surface area contributed by atoms with Crippen molar-refractivity contribution in [2.75, 3.05) is 11.9 Å². The molecule has 142 valence electrons. The molecule has 1 heterocycles. The molecule has 0 bridgehead atoms. The van der Waals surface area contributed by atoms with Crippen molar-refractivity contribution in [3.63, 3.8) is 0 Å². The molecule has 1 aromatic rings. The summed E-state index contributed by atoms with van der Waals surface area (Å²) in [5.74, 6) is -2.87. The Labute approximate surface area is 161 Å². The Balaban J connectivity index is 1.55. The number of anilines is 1. The van der Waals surface area contributed by atoms with Crippen LogP contribution in [0.15, 0.2) is 36.4 Å². The van der Waals surface area contributed by atoms with E-state index in [9.17, 15) is 19.2 Å². The molecule has 0 saturated carbocycles. The number of allylic oxidation sites excluding steroid dienone is 2. The lowest BCUT2D eigenvalue weighted by molar-refractivity contribution is -0.158. The largest absolute Gasteiger partial charge is 0.451 e. The number of carbonyl (C=O) groups is 4. The van der Waals surface area contributed by atoms with Gasteiger partial charge in [-0.2, -0.15) is 0 Å². The number of hydrogen-bond acceptors (Lipinski definition) is 5. The van der Waals surface area contributed by atoms with Crippen molar-refractivity contribution >= 4 is 41.0 Å². The fourth-order valence-corrected chi connectivity index (χ4v) is 3.44. The molecule has 0 aromatic heterocycles. The van der Waals surface area contributed by atoms with Gasteiger partial charge in [-0.1, -0.05) is 29.8 Å². The zero-order chi connectivity index (χ0) is 19.6. The second-order valence-electron chi connectivity index (χ2n) is 6.55. The predicted octanol–water partition coefficient (Wildman–Crippen LogP) is 2.16. The summed E-state index contributed by atoms with van der Waals surface area (Å²) in [6.07, 6.45) is 3.65. The minimum atomic E-state index is -1.09. The van der Waals surface area contributed by atoms with Gasteiger partial charge in [0.2, 0.25) is 11.8 Å². The number of rotatable bonds is 5. The Bertz CT molecular complexity index is 796. The average molecular weight is 391 g/mol. The molecule has 0 radical (unpaired) electrons. The molecule has 27 heavy (non-hydrogen) atoms. The number of nitrogens with zero attached hydrogens (tertiary/aromatic N) is 1. The van der Waals surface area contributed by atoms with Gasteiger partial charge in [0.05, 0.1) is 11.8 Å². The van der Waals surface area contributed by atoms with Crippen LogP contribution in [0.5, 0.6) is 0 Å². The third-order valence-electron chi connectivity index (χ3n) is 4.66. The lowest BCUT2D eigenvalue weighted by Crippen LogP contribution is -2.39. The molecule has 1 aliphatic carbocycles. The van der Waals surface area contributed by atoms with E-state index in [1.807, 2.05) is 12.2 Å². The van der Waals surface area contributed by atoms with Crippen molar-refractivity contribution in [1.29, 1.82) is 0 Å². The van der Waals surface area contributed by atoms with E-state index in [1.54, 1.807) is 24.3 Å². The number of esters is 1. The number of hydrogen-bond donors (Lipinski definition) is 1. The van der Waals surface area contributed by atoms with Crippen molar-refractivity contribution in [2.45, 2.75) is 25.9 Å². The minimum absolute atomic E-state index is 0.359. The van der Waals surface area contributed by atoms with E-state index in [1.165, 1.54) is 6.92 Å². The molecule has 1 saturated heterocycles. The number of amides is 3. The maximum absolute atomic E-state index is 12.4. The fourth-order valence-electron chi connectivity index (χ4n) is 3.25. The smallest absolute Gasteiger partial charge is 0.326 e. The summed E-state index contributed by atoms with van der Waals surface area (Å²) in [6.45, 7) is 0.925. The number of nitrogens with one attached hydrogen (secondary N) is 1. The van der Waals surface area contributed by atoms with Crippen molar-refractivity contribution in [1.82, 2.24) is 4.90 Å². The Kier molecular flexibility index (Phi) is 5.60. The summed E-state index contributed by atoms with van der Waals surface area (Å²) in [4.78, 5) is 49.9. The topological polar surface area (TPSA) is 92.8 Å². The average Bonchev–Trinajstić information content (AvgIpc) is 2.87. The van der Waals surface area contributed by atoms with Crippen LogP contribution in [0.3, 0.4) is 0 Å². The molecule has 1 aliphatic heterocycles. The van der Waals surface area contributed by atoms with Crippen LogP contribution in [0.4, 0.5) is 5.69 Å². The van der Waals surface area contributed by atoms with Crippen molar-refractivity contribution in [3.05, 3.63) is 41.4 Å². The lowest BCUT2D eigenvalue weighted by atomic mass is 9.85. The normalized spacial score (nSPS) is 22.4. The number of fused-ring (bicyclic) bond motifs is 1. The summed E-state index contributed by atoms with van der Waals surface area (Å²) < 4.78 is 5.08. The Hall–Kier alpha value is -2.67. The zero-order valence-corrected chi connectivity index (χ0v) is 15.4. The van der Waals surface area contributed by atoms with Crippen molar-refractivity contribution in [2.24, 2.45) is 11.8 Å². The van der Waals surface area contributed by atoms with E-state index in [0.717, 1.165) is 4.90 Å². The predicted molar refractivity (Wildman–Crippen MR) is 97.7 cm³/mol. The molecule has 2 aliphatic rings. The van der Waals surface area contributed by atoms with E-state index in [4.69, 9.17) is 16.3 Å². The first-order valence-corrected chi connectivity index (χ1v) is 9.00. The van der Waals surface area contributed by atoms with E-state index < -0.39 is 36.4 Å². The number of carbonyl (C=O) groups excluding carboxylic acids is 4. The highest BCUT2D eigenvalue weighted by Crippen LogP contribution is 2.34. The third kappa shape index (κ3) is 4.19. The third-order valence-corrected chi connectivity index (χ3v) is 4.89. The molecule has 3 rings (SSSR count). The quantitative estimate of drug-likeness (QED) is 0.472. The molecule has 3 amide bonds. The fraction of sp³-hybridized carbons (Fsp3) is 0.368. The van der Waals surface area contributed by atoms with Gasteiger partial charge < -0.3 is 10.1 Å². The highest BCUT2D eigenvalue weighted by molar-refractivity contribution is 6.30. The second kappa shape index (κ2) is 7.92. The molecule has 7 nitrogen and oxygen atoms in total. The van der Waals surface area contributed by atoms with Crippen molar-refractivity contribution in [3.8, 4) is 0 Å². The molecular formula is C19H19ClN2O5. The SMILES string of the molecule is C[C@H](OC(=O)CN1C(=O)[C@H]2CC=CC[C@@H]2C1=O)C(=O)Nc1cccc(Cl)c1. The van der Waals surface area contributed by atoms with Crippen LogP contribution in [0.1, 0.15) is 19.8 Å². The molecule has 1 N–H and O–H groups in total. The van der Waals surface area contributed by atoms with E-state index >= 15 is 0 Å². The highest BCUT2D eigenvalue weighted by atomic mass is 35.5. The van der Waals surface area contributed by atoms with Gasteiger partial charge >= 0.3 is 5.97 Å². The first-order chi connectivity index (χ1) is 12.9. The van der Waals surface area contributed by atoms with Gasteiger partial charge in [0.15, 0.2) is 6.10 Å². The molecule has 8 heteroatoms. The van der Waals surface area contributed by atoms with Gasteiger partial charge in [0, 0.05) is 10.7 Å². The molecule has 0 unspecified atom stereocenters. The second-order valence-corrected chi connectivity index (χ2v) is 6.99. The highest BCUT2D eigenvalue weighted by Gasteiger charge is 2.47. The summed E-state index contributed by atoms with van der Waals surface area (Å²) in [6, 6.07) is 6.55. The number of benzene rings is 1. The number of ether oxygens (including phenoxy) is 1. The summed E-state index contributed by atoms with van der Waals surface area (Å²) >= 11 is 5.86. The molecule has 0 spiro atoms. The molecule has 1 fully saturated rings. The lowest BCUT2D eigenvalue weighted by Gasteiger charge is -2.17. The van der Waals surface area contributed by atoms with E-state index in [2.05, 4.69) is 5.32 Å².